The van der Waals surface area contributed by atoms with Crippen molar-refractivity contribution in [2.75, 3.05) is 5.88 Å². The first-order chi connectivity index (χ1) is 9.29. The highest BCUT2D eigenvalue weighted by atomic mass is 35.5. The van der Waals surface area contributed by atoms with Gasteiger partial charge < -0.3 is 5.32 Å². The summed E-state index contributed by atoms with van der Waals surface area (Å²) < 4.78 is 0. The number of rotatable bonds is 5. The van der Waals surface area contributed by atoms with Crippen LogP contribution in [0.5, 0.6) is 0 Å². The van der Waals surface area contributed by atoms with Crippen molar-refractivity contribution < 1.29 is 4.79 Å². The first kappa shape index (κ1) is 13.6. The number of hydrogen-bond acceptors (Lipinski definition) is 1. The summed E-state index contributed by atoms with van der Waals surface area (Å²) in [4.78, 5) is 12.0. The lowest BCUT2D eigenvalue weighted by Crippen LogP contribution is -2.37. The molecule has 2 aromatic carbocycles. The van der Waals surface area contributed by atoms with Crippen molar-refractivity contribution in [1.82, 2.24) is 5.32 Å². The summed E-state index contributed by atoms with van der Waals surface area (Å²) >= 11 is 5.93. The molecule has 0 aliphatic rings. The molecule has 0 saturated carbocycles. The van der Waals surface area contributed by atoms with E-state index in [2.05, 4.69) is 5.32 Å². The van der Waals surface area contributed by atoms with Crippen LogP contribution in [0.15, 0.2) is 60.7 Å². The molecule has 19 heavy (non-hydrogen) atoms. The van der Waals surface area contributed by atoms with Crippen LogP contribution in [0.1, 0.15) is 15.9 Å². The van der Waals surface area contributed by atoms with E-state index in [0.717, 1.165) is 6.42 Å². The fourth-order valence-electron chi connectivity index (χ4n) is 1.90. The molecule has 2 rings (SSSR count). The van der Waals surface area contributed by atoms with E-state index in [9.17, 15) is 4.79 Å². The van der Waals surface area contributed by atoms with Gasteiger partial charge in [-0.1, -0.05) is 48.5 Å². The van der Waals surface area contributed by atoms with Gasteiger partial charge in [0.2, 0.25) is 0 Å². The van der Waals surface area contributed by atoms with Gasteiger partial charge in [-0.15, -0.1) is 11.6 Å². The van der Waals surface area contributed by atoms with Crippen LogP contribution in [-0.4, -0.2) is 17.8 Å². The monoisotopic (exact) mass is 273 g/mol. The molecule has 0 spiro atoms. The number of hydrogen-bond donors (Lipinski definition) is 1. The first-order valence-electron chi connectivity index (χ1n) is 6.25. The van der Waals surface area contributed by atoms with Crippen LogP contribution in [0.3, 0.4) is 0 Å². The van der Waals surface area contributed by atoms with Crippen molar-refractivity contribution in [3.63, 3.8) is 0 Å². The van der Waals surface area contributed by atoms with Crippen molar-refractivity contribution >= 4 is 17.5 Å². The molecule has 1 atom stereocenters. The number of benzene rings is 2. The highest BCUT2D eigenvalue weighted by Gasteiger charge is 2.13. The van der Waals surface area contributed by atoms with E-state index in [1.807, 2.05) is 48.5 Å². The smallest absolute Gasteiger partial charge is 0.251 e. The minimum atomic E-state index is -0.0813. The Hall–Kier alpha value is -1.80. The maximum atomic E-state index is 12.0. The molecule has 98 valence electrons. The van der Waals surface area contributed by atoms with E-state index in [4.69, 9.17) is 11.6 Å². The Morgan fingerprint density at radius 2 is 1.58 bits per heavy atom. The molecule has 0 aromatic heterocycles. The van der Waals surface area contributed by atoms with Crippen molar-refractivity contribution in [2.45, 2.75) is 12.5 Å². The lowest BCUT2D eigenvalue weighted by atomic mass is 10.1. The topological polar surface area (TPSA) is 29.1 Å². The molecule has 1 N–H and O–H groups in total. The summed E-state index contributed by atoms with van der Waals surface area (Å²) in [6, 6.07) is 19.1. The fourth-order valence-corrected chi connectivity index (χ4v) is 2.09. The van der Waals surface area contributed by atoms with E-state index in [1.54, 1.807) is 12.1 Å². The second kappa shape index (κ2) is 6.95. The van der Waals surface area contributed by atoms with E-state index in [-0.39, 0.29) is 11.9 Å². The molecule has 0 aliphatic carbocycles. The summed E-state index contributed by atoms with van der Waals surface area (Å²) in [5.41, 5.74) is 1.83. The van der Waals surface area contributed by atoms with Crippen molar-refractivity contribution in [1.29, 1.82) is 0 Å². The van der Waals surface area contributed by atoms with Gasteiger partial charge in [0.15, 0.2) is 0 Å². The molecule has 0 bridgehead atoms. The normalized spacial score (nSPS) is 11.8. The maximum Gasteiger partial charge on any atom is 0.251 e. The zero-order valence-corrected chi connectivity index (χ0v) is 11.3. The predicted octanol–water partition coefficient (Wildman–Crippen LogP) is 3.27. The Labute approximate surface area is 118 Å². The average Bonchev–Trinajstić information content (AvgIpc) is 2.48. The second-order valence-electron chi connectivity index (χ2n) is 4.38. The third-order valence-electron chi connectivity index (χ3n) is 2.88. The number of carbonyl (C=O) groups excluding carboxylic acids is 1. The van der Waals surface area contributed by atoms with Crippen LogP contribution in [0.2, 0.25) is 0 Å². The highest BCUT2D eigenvalue weighted by molar-refractivity contribution is 6.18. The van der Waals surface area contributed by atoms with Gasteiger partial charge in [-0.3, -0.25) is 4.79 Å². The van der Waals surface area contributed by atoms with Gasteiger partial charge in [0.1, 0.15) is 0 Å². The zero-order chi connectivity index (χ0) is 13.5. The van der Waals surface area contributed by atoms with E-state index < -0.39 is 0 Å². The SMILES string of the molecule is O=C(N[C@@H](CCl)Cc1ccccc1)c1ccccc1. The zero-order valence-electron chi connectivity index (χ0n) is 10.6. The van der Waals surface area contributed by atoms with E-state index in [1.165, 1.54) is 5.56 Å². The van der Waals surface area contributed by atoms with Gasteiger partial charge in [-0.2, -0.15) is 0 Å². The predicted molar refractivity (Wildman–Crippen MR) is 78.6 cm³/mol. The number of halogens is 1. The van der Waals surface area contributed by atoms with Gasteiger partial charge in [0.05, 0.1) is 0 Å². The number of amides is 1. The third-order valence-corrected chi connectivity index (χ3v) is 3.25. The lowest BCUT2D eigenvalue weighted by molar-refractivity contribution is 0.0940. The summed E-state index contributed by atoms with van der Waals surface area (Å²) in [5.74, 6) is 0.315. The van der Waals surface area contributed by atoms with Crippen LogP contribution in [0.25, 0.3) is 0 Å². The van der Waals surface area contributed by atoms with Gasteiger partial charge in [-0.25, -0.2) is 0 Å². The minimum absolute atomic E-state index is 0.0585. The summed E-state index contributed by atoms with van der Waals surface area (Å²) in [6.45, 7) is 0. The molecule has 0 fully saturated rings. The highest BCUT2D eigenvalue weighted by Crippen LogP contribution is 2.06. The van der Waals surface area contributed by atoms with Crippen molar-refractivity contribution in [3.8, 4) is 0 Å². The average molecular weight is 274 g/mol. The van der Waals surface area contributed by atoms with Crippen molar-refractivity contribution in [2.24, 2.45) is 0 Å². The summed E-state index contributed by atoms with van der Waals surface area (Å²) in [6.07, 6.45) is 0.739. The fraction of sp³-hybridized carbons (Fsp3) is 0.188. The van der Waals surface area contributed by atoms with Crippen molar-refractivity contribution in [3.05, 3.63) is 71.8 Å². The standard InChI is InChI=1S/C16H16ClNO/c17-12-15(11-13-7-3-1-4-8-13)18-16(19)14-9-5-2-6-10-14/h1-10,15H,11-12H2,(H,18,19)/t15-/m1/s1. The molecular weight excluding hydrogens is 258 g/mol. The molecule has 0 radical (unpaired) electrons. The minimum Gasteiger partial charge on any atom is -0.348 e. The van der Waals surface area contributed by atoms with Crippen LogP contribution in [0.4, 0.5) is 0 Å². The van der Waals surface area contributed by atoms with Crippen LogP contribution >= 0.6 is 11.6 Å². The molecule has 2 nitrogen and oxygen atoms in total. The van der Waals surface area contributed by atoms with E-state index in [0.29, 0.717) is 11.4 Å². The summed E-state index contributed by atoms with van der Waals surface area (Å²) in [7, 11) is 0. The van der Waals surface area contributed by atoms with Gasteiger partial charge in [-0.05, 0) is 24.1 Å². The quantitative estimate of drug-likeness (QED) is 0.833. The molecule has 0 heterocycles. The number of alkyl halides is 1. The van der Waals surface area contributed by atoms with Gasteiger partial charge >= 0.3 is 0 Å². The Bertz CT molecular complexity index is 513. The molecule has 0 unspecified atom stereocenters. The van der Waals surface area contributed by atoms with Crippen LogP contribution in [0, 0.1) is 0 Å². The second-order valence-corrected chi connectivity index (χ2v) is 4.69. The molecule has 3 heteroatoms. The molecular formula is C16H16ClNO. The molecule has 1 amide bonds. The summed E-state index contributed by atoms with van der Waals surface area (Å²) in [5, 5.41) is 2.96. The van der Waals surface area contributed by atoms with Crippen LogP contribution in [-0.2, 0) is 6.42 Å². The number of carbonyl (C=O) groups is 1. The Morgan fingerprint density at radius 1 is 1.00 bits per heavy atom. The van der Waals surface area contributed by atoms with Gasteiger partial charge in [0.25, 0.3) is 5.91 Å². The van der Waals surface area contributed by atoms with Gasteiger partial charge in [0, 0.05) is 17.5 Å². The Kier molecular flexibility index (Phi) is 4.99. The maximum absolute atomic E-state index is 12.0. The lowest BCUT2D eigenvalue weighted by Gasteiger charge is -2.16. The number of nitrogens with one attached hydrogen (secondary N) is 1. The Morgan fingerprint density at radius 3 is 2.16 bits per heavy atom. The Balaban J connectivity index is 1.98. The first-order valence-corrected chi connectivity index (χ1v) is 6.79. The molecule has 2 aromatic rings. The molecule has 0 saturated heterocycles. The largest absolute Gasteiger partial charge is 0.348 e. The van der Waals surface area contributed by atoms with E-state index >= 15 is 0 Å². The molecule has 0 aliphatic heterocycles. The van der Waals surface area contributed by atoms with Crippen LogP contribution < -0.4 is 5.32 Å². The third kappa shape index (κ3) is 4.11.